The molecule has 38 heavy (non-hydrogen) atoms. The van der Waals surface area contributed by atoms with Crippen LogP contribution in [0.3, 0.4) is 0 Å². The van der Waals surface area contributed by atoms with E-state index in [0.29, 0.717) is 36.2 Å². The lowest BCUT2D eigenvalue weighted by atomic mass is 10.0. The maximum Gasteiger partial charge on any atom is 0.406 e. The van der Waals surface area contributed by atoms with Gasteiger partial charge in [-0.3, -0.25) is 19.4 Å². The van der Waals surface area contributed by atoms with Crippen molar-refractivity contribution in [3.05, 3.63) is 17.3 Å². The molecule has 15 heteroatoms. The number of fused-ring (bicyclic) bond motifs is 3. The maximum atomic E-state index is 13.2. The number of hydrogen-bond acceptors (Lipinski definition) is 8. The highest BCUT2D eigenvalue weighted by molar-refractivity contribution is 6.37. The second-order valence-corrected chi connectivity index (χ2v) is 9.50. The number of likely N-dealkylation sites (N-methyl/N-ethyl adjacent to an activating group) is 1. The zero-order chi connectivity index (χ0) is 27.6. The number of carbonyl (C=O) groups excluding carboxylic acids is 3. The Morgan fingerprint density at radius 1 is 1.34 bits per heavy atom. The summed E-state index contributed by atoms with van der Waals surface area (Å²) in [5, 5.41) is 3.83. The highest BCUT2D eigenvalue weighted by atomic mass is 35.5. The lowest BCUT2D eigenvalue weighted by Crippen LogP contribution is -2.63. The summed E-state index contributed by atoms with van der Waals surface area (Å²) in [6.07, 6.45) is -2.37. The fourth-order valence-corrected chi connectivity index (χ4v) is 4.82. The van der Waals surface area contributed by atoms with Crippen LogP contribution < -0.4 is 15.2 Å². The van der Waals surface area contributed by atoms with Crippen LogP contribution in [0.15, 0.2) is 22.4 Å². The van der Waals surface area contributed by atoms with Gasteiger partial charge in [0.05, 0.1) is 54.9 Å². The van der Waals surface area contributed by atoms with E-state index >= 15 is 0 Å². The molecule has 0 bridgehead atoms. The van der Waals surface area contributed by atoms with Crippen LogP contribution in [0.2, 0.25) is 5.02 Å². The van der Waals surface area contributed by atoms with E-state index in [4.69, 9.17) is 16.3 Å². The Labute approximate surface area is 221 Å². The molecule has 3 aliphatic rings. The monoisotopic (exact) mass is 557 g/mol. The molecule has 0 aromatic carbocycles. The van der Waals surface area contributed by atoms with Crippen LogP contribution in [0.1, 0.15) is 20.3 Å². The first-order valence-electron chi connectivity index (χ1n) is 12.1. The molecule has 4 heterocycles. The van der Waals surface area contributed by atoms with Gasteiger partial charge in [0.1, 0.15) is 6.04 Å². The SMILES string of the molecule is CCN1C(=O)[C@H]2CN(C(=O)CCOC[C@H](C)N=C3C=NNC(=O)C3C(F)(F)F)CCN2c2ncc(Cl)cc21. The number of pyridine rings is 1. The summed E-state index contributed by atoms with van der Waals surface area (Å²) in [6, 6.07) is 0.440. The van der Waals surface area contributed by atoms with Gasteiger partial charge in [0.15, 0.2) is 11.7 Å². The van der Waals surface area contributed by atoms with Crippen LogP contribution in [-0.4, -0.2) is 97.2 Å². The number of piperazine rings is 1. The Morgan fingerprint density at radius 2 is 2.11 bits per heavy atom. The molecule has 3 amide bonds. The van der Waals surface area contributed by atoms with Crippen molar-refractivity contribution >= 4 is 52.8 Å². The largest absolute Gasteiger partial charge is 0.406 e. The predicted octanol–water partition coefficient (Wildman–Crippen LogP) is 1.65. The molecule has 1 saturated heterocycles. The Kier molecular flexibility index (Phi) is 8.21. The van der Waals surface area contributed by atoms with E-state index in [-0.39, 0.29) is 38.0 Å². The molecular formula is C23H27ClF3N7O4. The van der Waals surface area contributed by atoms with Gasteiger partial charge in [-0.1, -0.05) is 11.6 Å². The van der Waals surface area contributed by atoms with E-state index in [9.17, 15) is 27.6 Å². The number of nitrogens with zero attached hydrogens (tertiary/aromatic N) is 6. The van der Waals surface area contributed by atoms with Gasteiger partial charge in [-0.15, -0.1) is 0 Å². The number of halogens is 4. The Morgan fingerprint density at radius 3 is 2.82 bits per heavy atom. The number of alkyl halides is 3. The van der Waals surface area contributed by atoms with Gasteiger partial charge >= 0.3 is 6.18 Å². The summed E-state index contributed by atoms with van der Waals surface area (Å²) in [6.45, 7) is 4.80. The second kappa shape index (κ2) is 11.2. The van der Waals surface area contributed by atoms with Gasteiger partial charge in [0.25, 0.3) is 11.8 Å². The van der Waals surface area contributed by atoms with Gasteiger partial charge in [-0.2, -0.15) is 18.3 Å². The molecule has 0 radical (unpaired) electrons. The number of hydrazone groups is 1. The normalized spacial score (nSPS) is 23.3. The predicted molar refractivity (Wildman–Crippen MR) is 134 cm³/mol. The first-order valence-corrected chi connectivity index (χ1v) is 12.5. The van der Waals surface area contributed by atoms with Gasteiger partial charge in [0, 0.05) is 25.8 Å². The molecule has 11 nitrogen and oxygen atoms in total. The average molecular weight is 558 g/mol. The van der Waals surface area contributed by atoms with Crippen molar-refractivity contribution in [2.24, 2.45) is 16.0 Å². The molecule has 1 fully saturated rings. The molecule has 0 saturated carbocycles. The van der Waals surface area contributed by atoms with E-state index in [1.54, 1.807) is 21.3 Å². The van der Waals surface area contributed by atoms with Crippen LogP contribution in [0, 0.1) is 5.92 Å². The number of rotatable bonds is 7. The van der Waals surface area contributed by atoms with Crippen LogP contribution in [0.25, 0.3) is 0 Å². The second-order valence-electron chi connectivity index (χ2n) is 9.06. The molecule has 4 rings (SSSR count). The van der Waals surface area contributed by atoms with Crippen molar-refractivity contribution in [3.8, 4) is 0 Å². The molecule has 3 atom stereocenters. The highest BCUT2D eigenvalue weighted by Crippen LogP contribution is 2.37. The minimum Gasteiger partial charge on any atom is -0.379 e. The number of amides is 3. The third-order valence-electron chi connectivity index (χ3n) is 6.42. The van der Waals surface area contributed by atoms with E-state index in [0.717, 1.165) is 6.21 Å². The number of hydrogen-bond donors (Lipinski definition) is 1. The Hall–Kier alpha value is -3.26. The summed E-state index contributed by atoms with van der Waals surface area (Å²) in [7, 11) is 0. The third kappa shape index (κ3) is 5.75. The highest BCUT2D eigenvalue weighted by Gasteiger charge is 2.49. The van der Waals surface area contributed by atoms with E-state index in [2.05, 4.69) is 15.1 Å². The minimum absolute atomic E-state index is 0.0219. The molecule has 1 N–H and O–H groups in total. The van der Waals surface area contributed by atoms with Crippen molar-refractivity contribution in [1.29, 1.82) is 0 Å². The van der Waals surface area contributed by atoms with Crippen LogP contribution in [0.5, 0.6) is 0 Å². The van der Waals surface area contributed by atoms with Gasteiger partial charge < -0.3 is 19.4 Å². The molecule has 3 aliphatic heterocycles. The van der Waals surface area contributed by atoms with E-state index in [1.165, 1.54) is 13.1 Å². The smallest absolute Gasteiger partial charge is 0.379 e. The molecular weight excluding hydrogens is 531 g/mol. The van der Waals surface area contributed by atoms with Gasteiger partial charge in [-0.05, 0) is 19.9 Å². The number of aromatic nitrogens is 1. The summed E-state index contributed by atoms with van der Waals surface area (Å²) in [5.41, 5.74) is 1.94. The van der Waals surface area contributed by atoms with Gasteiger partial charge in [0.2, 0.25) is 5.91 Å². The minimum atomic E-state index is -4.80. The zero-order valence-corrected chi connectivity index (χ0v) is 21.5. The average Bonchev–Trinajstić information content (AvgIpc) is 2.85. The van der Waals surface area contributed by atoms with Crippen molar-refractivity contribution < 1.29 is 32.3 Å². The Balaban J connectivity index is 1.30. The molecule has 206 valence electrons. The molecule has 0 aliphatic carbocycles. The molecule has 1 aromatic rings. The fourth-order valence-electron chi connectivity index (χ4n) is 4.66. The van der Waals surface area contributed by atoms with Crippen molar-refractivity contribution in [1.82, 2.24) is 15.3 Å². The number of aliphatic imine (C=N–C) groups is 1. The molecule has 1 unspecified atom stereocenters. The van der Waals surface area contributed by atoms with E-state index in [1.807, 2.05) is 11.8 Å². The molecule has 1 aromatic heterocycles. The summed E-state index contributed by atoms with van der Waals surface area (Å²) in [5.74, 6) is -3.38. The van der Waals surface area contributed by atoms with Crippen molar-refractivity contribution in [2.45, 2.75) is 38.5 Å². The summed E-state index contributed by atoms with van der Waals surface area (Å²) in [4.78, 5) is 51.1. The van der Waals surface area contributed by atoms with Crippen LogP contribution in [0.4, 0.5) is 24.7 Å². The fraction of sp³-hybridized carbons (Fsp3) is 0.565. The number of carbonyl (C=O) groups is 3. The zero-order valence-electron chi connectivity index (χ0n) is 20.7. The molecule has 0 spiro atoms. The number of nitrogens with one attached hydrogen (secondary N) is 1. The first-order chi connectivity index (χ1) is 18.0. The first kappa shape index (κ1) is 27.8. The lowest BCUT2D eigenvalue weighted by Gasteiger charge is -2.47. The van der Waals surface area contributed by atoms with Crippen molar-refractivity contribution in [3.63, 3.8) is 0 Å². The summed E-state index contributed by atoms with van der Waals surface area (Å²) >= 11 is 6.09. The Bertz CT molecular complexity index is 1160. The van der Waals surface area contributed by atoms with Crippen LogP contribution >= 0.6 is 11.6 Å². The summed E-state index contributed by atoms with van der Waals surface area (Å²) < 4.78 is 45.1. The lowest BCUT2D eigenvalue weighted by molar-refractivity contribution is -0.168. The quantitative estimate of drug-likeness (QED) is 0.509. The van der Waals surface area contributed by atoms with E-state index < -0.39 is 35.8 Å². The maximum absolute atomic E-state index is 13.2. The van der Waals surface area contributed by atoms with Crippen LogP contribution in [-0.2, 0) is 19.1 Å². The van der Waals surface area contributed by atoms with Crippen molar-refractivity contribution in [2.75, 3.05) is 49.2 Å². The van der Waals surface area contributed by atoms with Gasteiger partial charge in [-0.25, -0.2) is 10.4 Å². The number of anilines is 2. The standard InChI is InChI=1S/C23H27ClF3N7O4/c1-3-33-16-8-14(24)9-28-20(16)34-6-5-32(11-17(34)22(33)37)18(35)4-7-38-12-13(2)30-15-10-29-31-21(36)19(15)23(25,26)27/h8-10,13,17,19H,3-7,11-12H2,1-2H3,(H,31,36)/t13-,17+,19?/m0/s1. The topological polar surface area (TPSA) is 120 Å². The third-order valence-corrected chi connectivity index (χ3v) is 6.63. The number of ether oxygens (including phenoxy) is 1.